The number of hydrogen-bond donors (Lipinski definition) is 0. The first-order valence-electron chi connectivity index (χ1n) is 14.8. The standard InChI is InChI=1S/C32H42N4O4S2/c1-5-37-29-25(19-23-15-11-9-12-16-23)33-31(39-7-3)27(35-29)21-41-42-22-28-32(40-8-4)34-26(30(36-28)38-6-2)20-24-17-13-10-14-18-24/h9-18,25-28H,5-8,19-22H2,1-4H3/t25-,26-,27-,28+/m1/s1. The molecular weight excluding hydrogens is 569 g/mol. The van der Waals surface area contributed by atoms with Crippen LogP contribution in [-0.2, 0) is 31.8 Å². The number of aliphatic imine (C=N–C) groups is 4. The van der Waals surface area contributed by atoms with Crippen LogP contribution in [0.15, 0.2) is 80.6 Å². The molecule has 0 aromatic heterocycles. The first kappa shape index (κ1) is 31.9. The molecule has 8 nitrogen and oxygen atoms in total. The van der Waals surface area contributed by atoms with Gasteiger partial charge in [-0.2, -0.15) is 0 Å². The van der Waals surface area contributed by atoms with Crippen LogP contribution < -0.4 is 0 Å². The van der Waals surface area contributed by atoms with E-state index in [4.69, 9.17) is 38.9 Å². The number of ether oxygens (including phenoxy) is 4. The van der Waals surface area contributed by atoms with E-state index in [9.17, 15) is 0 Å². The smallest absolute Gasteiger partial charge is 0.210 e. The molecule has 2 aliphatic heterocycles. The summed E-state index contributed by atoms with van der Waals surface area (Å²) in [7, 11) is 3.44. The van der Waals surface area contributed by atoms with E-state index in [0.29, 0.717) is 61.5 Å². The molecule has 0 radical (unpaired) electrons. The van der Waals surface area contributed by atoms with Crippen LogP contribution in [0.1, 0.15) is 38.8 Å². The summed E-state index contributed by atoms with van der Waals surface area (Å²) in [6, 6.07) is 19.8. The Morgan fingerprint density at radius 3 is 1.12 bits per heavy atom. The normalized spacial score (nSPS) is 21.9. The highest BCUT2D eigenvalue weighted by Crippen LogP contribution is 2.29. The van der Waals surface area contributed by atoms with E-state index in [1.54, 1.807) is 21.6 Å². The summed E-state index contributed by atoms with van der Waals surface area (Å²) < 4.78 is 23.9. The number of hydrogen-bond acceptors (Lipinski definition) is 10. The molecule has 4 atom stereocenters. The molecule has 226 valence electrons. The Morgan fingerprint density at radius 1 is 0.476 bits per heavy atom. The lowest BCUT2D eigenvalue weighted by Crippen LogP contribution is -2.38. The van der Waals surface area contributed by atoms with Crippen LogP contribution >= 0.6 is 21.6 Å². The highest BCUT2D eigenvalue weighted by Gasteiger charge is 2.32. The fourth-order valence-electron chi connectivity index (χ4n) is 4.69. The van der Waals surface area contributed by atoms with Gasteiger partial charge in [0.05, 0.1) is 26.4 Å². The predicted molar refractivity (Wildman–Crippen MR) is 177 cm³/mol. The summed E-state index contributed by atoms with van der Waals surface area (Å²) in [5.74, 6) is 4.09. The van der Waals surface area contributed by atoms with Crippen molar-refractivity contribution in [3.63, 3.8) is 0 Å². The minimum Gasteiger partial charge on any atom is -0.480 e. The average Bonchev–Trinajstić information content (AvgIpc) is 3.00. The third-order valence-corrected chi connectivity index (χ3v) is 8.91. The fourth-order valence-corrected chi connectivity index (χ4v) is 6.92. The van der Waals surface area contributed by atoms with E-state index in [2.05, 4.69) is 24.3 Å². The molecule has 2 aromatic carbocycles. The van der Waals surface area contributed by atoms with E-state index >= 15 is 0 Å². The summed E-state index contributed by atoms with van der Waals surface area (Å²) in [5, 5.41) is 0. The maximum Gasteiger partial charge on any atom is 0.210 e. The van der Waals surface area contributed by atoms with Gasteiger partial charge in [0.15, 0.2) is 0 Å². The van der Waals surface area contributed by atoms with Gasteiger partial charge in [-0.25, -0.2) is 20.0 Å². The first-order valence-corrected chi connectivity index (χ1v) is 17.3. The van der Waals surface area contributed by atoms with Gasteiger partial charge in [-0.05, 0) is 38.8 Å². The van der Waals surface area contributed by atoms with Crippen molar-refractivity contribution in [3.05, 3.63) is 71.8 Å². The average molecular weight is 611 g/mol. The van der Waals surface area contributed by atoms with Crippen LogP contribution in [0.3, 0.4) is 0 Å². The Kier molecular flexibility index (Phi) is 13.1. The Bertz CT molecular complexity index is 1130. The lowest BCUT2D eigenvalue weighted by Gasteiger charge is -2.27. The van der Waals surface area contributed by atoms with Crippen molar-refractivity contribution in [1.29, 1.82) is 0 Å². The second kappa shape index (κ2) is 17.2. The monoisotopic (exact) mass is 610 g/mol. The lowest BCUT2D eigenvalue weighted by atomic mass is 10.0. The van der Waals surface area contributed by atoms with Crippen molar-refractivity contribution >= 4 is 45.2 Å². The van der Waals surface area contributed by atoms with E-state index in [1.807, 2.05) is 64.1 Å². The quantitative estimate of drug-likeness (QED) is 0.201. The van der Waals surface area contributed by atoms with Gasteiger partial charge >= 0.3 is 0 Å². The predicted octanol–water partition coefficient (Wildman–Crippen LogP) is 6.09. The van der Waals surface area contributed by atoms with Gasteiger partial charge in [0.1, 0.15) is 24.2 Å². The van der Waals surface area contributed by atoms with Crippen molar-refractivity contribution < 1.29 is 18.9 Å². The van der Waals surface area contributed by atoms with Crippen LogP contribution in [-0.4, -0.2) is 85.7 Å². The molecule has 2 aliphatic rings. The van der Waals surface area contributed by atoms with Crippen molar-refractivity contribution in [2.45, 2.75) is 64.7 Å². The highest BCUT2D eigenvalue weighted by atomic mass is 33.1. The summed E-state index contributed by atoms with van der Waals surface area (Å²) in [6.07, 6.45) is 1.44. The highest BCUT2D eigenvalue weighted by molar-refractivity contribution is 8.76. The summed E-state index contributed by atoms with van der Waals surface area (Å²) in [6.45, 7) is 10.1. The third kappa shape index (κ3) is 9.26. The van der Waals surface area contributed by atoms with Crippen LogP contribution in [0.2, 0.25) is 0 Å². The molecule has 0 N–H and O–H groups in total. The van der Waals surface area contributed by atoms with Gasteiger partial charge in [-0.1, -0.05) is 82.3 Å². The summed E-state index contributed by atoms with van der Waals surface area (Å²) >= 11 is 0. The fraction of sp³-hybridized carbons (Fsp3) is 0.500. The molecule has 2 aromatic rings. The van der Waals surface area contributed by atoms with Crippen LogP contribution in [0.4, 0.5) is 0 Å². The Labute approximate surface area is 257 Å². The van der Waals surface area contributed by atoms with Crippen molar-refractivity contribution in [3.8, 4) is 0 Å². The zero-order valence-corrected chi connectivity index (χ0v) is 26.6. The molecule has 0 fully saturated rings. The minimum atomic E-state index is -0.208. The molecule has 10 heteroatoms. The summed E-state index contributed by atoms with van der Waals surface area (Å²) in [5.41, 5.74) is 2.38. The largest absolute Gasteiger partial charge is 0.480 e. The maximum absolute atomic E-state index is 5.97. The number of nitrogens with zero attached hydrogens (tertiary/aromatic N) is 4. The second-order valence-electron chi connectivity index (χ2n) is 9.61. The van der Waals surface area contributed by atoms with Crippen molar-refractivity contribution in [2.75, 3.05) is 37.9 Å². The van der Waals surface area contributed by atoms with E-state index in [-0.39, 0.29) is 24.2 Å². The van der Waals surface area contributed by atoms with Crippen molar-refractivity contribution in [2.24, 2.45) is 20.0 Å². The molecule has 2 heterocycles. The lowest BCUT2D eigenvalue weighted by molar-refractivity contribution is 0.286. The minimum absolute atomic E-state index is 0.190. The topological polar surface area (TPSA) is 86.4 Å². The van der Waals surface area contributed by atoms with Crippen molar-refractivity contribution in [1.82, 2.24) is 0 Å². The number of benzene rings is 2. The van der Waals surface area contributed by atoms with E-state index < -0.39 is 0 Å². The van der Waals surface area contributed by atoms with Gasteiger partial charge in [0, 0.05) is 24.3 Å². The van der Waals surface area contributed by atoms with E-state index in [0.717, 1.165) is 12.8 Å². The van der Waals surface area contributed by atoms with Gasteiger partial charge in [-0.3, -0.25) is 0 Å². The van der Waals surface area contributed by atoms with Crippen LogP contribution in [0, 0.1) is 0 Å². The van der Waals surface area contributed by atoms with Gasteiger partial charge < -0.3 is 18.9 Å². The molecule has 0 aliphatic carbocycles. The molecular formula is C32H42N4O4S2. The molecule has 0 amide bonds. The Balaban J connectivity index is 1.40. The van der Waals surface area contributed by atoms with Gasteiger partial charge in [0.25, 0.3) is 0 Å². The van der Waals surface area contributed by atoms with Crippen LogP contribution in [0.5, 0.6) is 0 Å². The van der Waals surface area contributed by atoms with E-state index in [1.165, 1.54) is 11.1 Å². The van der Waals surface area contributed by atoms with Gasteiger partial charge in [0.2, 0.25) is 23.6 Å². The molecule has 0 spiro atoms. The maximum atomic E-state index is 5.97. The summed E-state index contributed by atoms with van der Waals surface area (Å²) in [4.78, 5) is 19.9. The number of rotatable bonds is 13. The molecule has 42 heavy (non-hydrogen) atoms. The zero-order valence-electron chi connectivity index (χ0n) is 25.0. The first-order chi connectivity index (χ1) is 20.6. The molecule has 4 rings (SSSR count). The Hall–Kier alpha value is -2.98. The van der Waals surface area contributed by atoms with Gasteiger partial charge in [-0.15, -0.1) is 0 Å². The SMILES string of the molecule is CCOC1=N[C@H](Cc2ccccc2)C(OCC)=N[C@H]1CSSC[C@H]1N=C(OCC)[C@@H](Cc2ccccc2)N=C1OCC. The zero-order chi connectivity index (χ0) is 29.6. The molecule has 0 saturated carbocycles. The molecule has 0 unspecified atom stereocenters. The third-order valence-electron chi connectivity index (χ3n) is 6.52. The second-order valence-corrected chi connectivity index (χ2v) is 12.2. The molecule has 0 saturated heterocycles. The Morgan fingerprint density at radius 2 is 0.786 bits per heavy atom. The molecule has 0 bridgehead atoms. The van der Waals surface area contributed by atoms with Crippen LogP contribution in [0.25, 0.3) is 0 Å².